The average Bonchev–Trinajstić information content (AvgIpc) is 2.40. The monoisotopic (exact) mass is 262 g/mol. The van der Waals surface area contributed by atoms with Crippen LogP contribution in [-0.4, -0.2) is 41.7 Å². The second-order valence-electron chi connectivity index (χ2n) is 5.18. The largest absolute Gasteiger partial charge is 0.478 e. The molecule has 1 aromatic rings. The van der Waals surface area contributed by atoms with E-state index in [4.69, 9.17) is 5.11 Å². The second-order valence-corrected chi connectivity index (χ2v) is 5.18. The van der Waals surface area contributed by atoms with Crippen LogP contribution in [0, 0.1) is 0 Å². The topological polar surface area (TPSA) is 52.6 Å². The molecule has 1 aliphatic rings. The van der Waals surface area contributed by atoms with Gasteiger partial charge in [0.15, 0.2) is 0 Å². The second kappa shape index (κ2) is 6.68. The van der Waals surface area contributed by atoms with E-state index in [0.29, 0.717) is 11.6 Å². The summed E-state index contributed by atoms with van der Waals surface area (Å²) in [6.07, 6.45) is 2.42. The zero-order chi connectivity index (χ0) is 13.7. The van der Waals surface area contributed by atoms with Gasteiger partial charge in [0, 0.05) is 32.2 Å². The number of hydrogen-bond donors (Lipinski definition) is 2. The Morgan fingerprint density at radius 2 is 2.16 bits per heavy atom. The van der Waals surface area contributed by atoms with Gasteiger partial charge in [0.1, 0.15) is 0 Å². The third-order valence-electron chi connectivity index (χ3n) is 3.58. The van der Waals surface area contributed by atoms with Crippen molar-refractivity contribution in [2.24, 2.45) is 0 Å². The first kappa shape index (κ1) is 14.0. The molecule has 1 atom stereocenters. The molecular formula is C15H22N2O2. The maximum atomic E-state index is 10.8. The quantitative estimate of drug-likeness (QED) is 0.851. The summed E-state index contributed by atoms with van der Waals surface area (Å²) in [6, 6.07) is 7.80. The van der Waals surface area contributed by atoms with Gasteiger partial charge in [0.05, 0.1) is 5.56 Å². The molecule has 19 heavy (non-hydrogen) atoms. The van der Waals surface area contributed by atoms with Crippen molar-refractivity contribution in [1.29, 1.82) is 0 Å². The van der Waals surface area contributed by atoms with Crippen LogP contribution in [0.25, 0.3) is 0 Å². The standard InChI is InChI=1S/C15H22N2O2/c1-2-3-14-11-17(9-8-16-14)10-12-4-6-13(7-5-12)15(18)19/h4-7,14,16H,2-3,8-11H2,1H3,(H,18,19)/t14-/m1/s1. The van der Waals surface area contributed by atoms with E-state index in [1.165, 1.54) is 18.4 Å². The zero-order valence-corrected chi connectivity index (χ0v) is 11.4. The molecule has 2 rings (SSSR count). The molecule has 1 fully saturated rings. The Balaban J connectivity index is 1.91. The summed E-state index contributed by atoms with van der Waals surface area (Å²) in [6.45, 7) is 6.29. The molecule has 0 aromatic heterocycles. The lowest BCUT2D eigenvalue weighted by Gasteiger charge is -2.33. The van der Waals surface area contributed by atoms with Crippen molar-refractivity contribution in [3.8, 4) is 0 Å². The zero-order valence-electron chi connectivity index (χ0n) is 11.4. The maximum Gasteiger partial charge on any atom is 0.335 e. The fourth-order valence-electron chi connectivity index (χ4n) is 2.59. The van der Waals surface area contributed by atoms with E-state index in [9.17, 15) is 4.79 Å². The molecule has 0 amide bonds. The molecule has 1 saturated heterocycles. The Labute approximate surface area is 114 Å². The number of benzene rings is 1. The van der Waals surface area contributed by atoms with Gasteiger partial charge >= 0.3 is 5.97 Å². The number of piperazine rings is 1. The normalized spacial score (nSPS) is 20.4. The summed E-state index contributed by atoms with van der Waals surface area (Å²) in [7, 11) is 0. The molecule has 1 aromatic carbocycles. The Morgan fingerprint density at radius 3 is 2.79 bits per heavy atom. The smallest absolute Gasteiger partial charge is 0.335 e. The van der Waals surface area contributed by atoms with Crippen molar-refractivity contribution < 1.29 is 9.90 Å². The Hall–Kier alpha value is -1.39. The van der Waals surface area contributed by atoms with Crippen LogP contribution < -0.4 is 5.32 Å². The van der Waals surface area contributed by atoms with Crippen molar-refractivity contribution in [1.82, 2.24) is 10.2 Å². The first-order valence-corrected chi connectivity index (χ1v) is 6.97. The summed E-state index contributed by atoms with van der Waals surface area (Å²) in [5, 5.41) is 12.4. The number of carboxylic acids is 1. The lowest BCUT2D eigenvalue weighted by Crippen LogP contribution is -2.50. The van der Waals surface area contributed by atoms with Crippen LogP contribution in [0.4, 0.5) is 0 Å². The van der Waals surface area contributed by atoms with Crippen molar-refractivity contribution in [2.75, 3.05) is 19.6 Å². The molecule has 0 aliphatic carbocycles. The SMILES string of the molecule is CCC[C@@H]1CN(Cc2ccc(C(=O)O)cc2)CCN1. The Morgan fingerprint density at radius 1 is 1.42 bits per heavy atom. The molecule has 4 nitrogen and oxygen atoms in total. The molecule has 104 valence electrons. The Kier molecular flexibility index (Phi) is 4.93. The fraction of sp³-hybridized carbons (Fsp3) is 0.533. The van der Waals surface area contributed by atoms with Crippen LogP contribution in [0.2, 0.25) is 0 Å². The van der Waals surface area contributed by atoms with Crippen LogP contribution in [-0.2, 0) is 6.54 Å². The van der Waals surface area contributed by atoms with E-state index in [1.54, 1.807) is 12.1 Å². The van der Waals surface area contributed by atoms with Gasteiger partial charge in [-0.15, -0.1) is 0 Å². The molecule has 2 N–H and O–H groups in total. The third-order valence-corrected chi connectivity index (χ3v) is 3.58. The van der Waals surface area contributed by atoms with Gasteiger partial charge in [-0.3, -0.25) is 4.90 Å². The van der Waals surface area contributed by atoms with Gasteiger partial charge in [-0.05, 0) is 24.1 Å². The van der Waals surface area contributed by atoms with Crippen molar-refractivity contribution in [3.63, 3.8) is 0 Å². The van der Waals surface area contributed by atoms with E-state index in [1.807, 2.05) is 12.1 Å². The number of rotatable bonds is 5. The molecule has 0 radical (unpaired) electrons. The minimum absolute atomic E-state index is 0.355. The Bertz CT molecular complexity index is 415. The first-order chi connectivity index (χ1) is 9.19. The van der Waals surface area contributed by atoms with Gasteiger partial charge in [0.25, 0.3) is 0 Å². The predicted octanol–water partition coefficient (Wildman–Crippen LogP) is 1.96. The molecule has 0 saturated carbocycles. The van der Waals surface area contributed by atoms with Crippen LogP contribution in [0.15, 0.2) is 24.3 Å². The molecule has 1 aliphatic heterocycles. The summed E-state index contributed by atoms with van der Waals surface area (Å²) in [4.78, 5) is 13.2. The predicted molar refractivity (Wildman–Crippen MR) is 75.4 cm³/mol. The molecule has 0 unspecified atom stereocenters. The van der Waals surface area contributed by atoms with Crippen molar-refractivity contribution >= 4 is 5.97 Å². The van der Waals surface area contributed by atoms with Crippen molar-refractivity contribution in [2.45, 2.75) is 32.4 Å². The summed E-state index contributed by atoms with van der Waals surface area (Å²) < 4.78 is 0. The van der Waals surface area contributed by atoms with Gasteiger partial charge in [-0.25, -0.2) is 4.79 Å². The molecule has 0 spiro atoms. The van der Waals surface area contributed by atoms with Gasteiger partial charge in [-0.1, -0.05) is 25.5 Å². The molecule has 4 heteroatoms. The maximum absolute atomic E-state index is 10.8. The number of nitrogens with one attached hydrogen (secondary N) is 1. The number of carbonyl (C=O) groups is 1. The summed E-state index contributed by atoms with van der Waals surface area (Å²) in [5.41, 5.74) is 1.54. The molecular weight excluding hydrogens is 240 g/mol. The van der Waals surface area contributed by atoms with Crippen LogP contribution in [0.1, 0.15) is 35.7 Å². The van der Waals surface area contributed by atoms with Gasteiger partial charge in [-0.2, -0.15) is 0 Å². The van der Waals surface area contributed by atoms with Crippen LogP contribution >= 0.6 is 0 Å². The first-order valence-electron chi connectivity index (χ1n) is 6.97. The highest BCUT2D eigenvalue weighted by Crippen LogP contribution is 2.11. The average molecular weight is 262 g/mol. The number of hydrogen-bond acceptors (Lipinski definition) is 3. The fourth-order valence-corrected chi connectivity index (χ4v) is 2.59. The number of carboxylic acid groups (broad SMARTS) is 1. The highest BCUT2D eigenvalue weighted by Gasteiger charge is 2.18. The van der Waals surface area contributed by atoms with E-state index in [-0.39, 0.29) is 0 Å². The highest BCUT2D eigenvalue weighted by atomic mass is 16.4. The van der Waals surface area contributed by atoms with E-state index < -0.39 is 5.97 Å². The minimum Gasteiger partial charge on any atom is -0.478 e. The van der Waals surface area contributed by atoms with Gasteiger partial charge in [0.2, 0.25) is 0 Å². The van der Waals surface area contributed by atoms with Crippen LogP contribution in [0.5, 0.6) is 0 Å². The van der Waals surface area contributed by atoms with E-state index >= 15 is 0 Å². The molecule has 1 heterocycles. The summed E-state index contributed by atoms with van der Waals surface area (Å²) in [5.74, 6) is -0.864. The minimum atomic E-state index is -0.864. The van der Waals surface area contributed by atoms with Gasteiger partial charge < -0.3 is 10.4 Å². The van der Waals surface area contributed by atoms with Crippen molar-refractivity contribution in [3.05, 3.63) is 35.4 Å². The molecule has 0 bridgehead atoms. The lowest BCUT2D eigenvalue weighted by atomic mass is 10.1. The lowest BCUT2D eigenvalue weighted by molar-refractivity contribution is 0.0697. The third kappa shape index (κ3) is 4.04. The van der Waals surface area contributed by atoms with Crippen LogP contribution in [0.3, 0.4) is 0 Å². The number of aromatic carboxylic acids is 1. The number of nitrogens with zero attached hydrogens (tertiary/aromatic N) is 1. The summed E-state index contributed by atoms with van der Waals surface area (Å²) >= 11 is 0. The highest BCUT2D eigenvalue weighted by molar-refractivity contribution is 5.87. The van der Waals surface area contributed by atoms with E-state index in [2.05, 4.69) is 17.1 Å². The van der Waals surface area contributed by atoms with E-state index in [0.717, 1.165) is 26.2 Å².